The first-order valence-corrected chi connectivity index (χ1v) is 5.55. The van der Waals surface area contributed by atoms with Crippen LogP contribution in [0.5, 0.6) is 0 Å². The van der Waals surface area contributed by atoms with E-state index in [9.17, 15) is 4.79 Å². The van der Waals surface area contributed by atoms with E-state index < -0.39 is 0 Å². The highest BCUT2D eigenvalue weighted by Crippen LogP contribution is 2.08. The van der Waals surface area contributed by atoms with Crippen molar-refractivity contribution in [2.45, 2.75) is 39.7 Å². The van der Waals surface area contributed by atoms with Crippen LogP contribution in [0.3, 0.4) is 0 Å². The van der Waals surface area contributed by atoms with Crippen molar-refractivity contribution in [2.75, 3.05) is 10.6 Å². The Labute approximate surface area is 95.7 Å². The quantitative estimate of drug-likeness (QED) is 0.800. The summed E-state index contributed by atoms with van der Waals surface area (Å²) in [6.45, 7) is 5.97. The predicted molar refractivity (Wildman–Crippen MR) is 64.3 cm³/mol. The Morgan fingerprint density at radius 2 is 1.94 bits per heavy atom. The number of amides is 1. The van der Waals surface area contributed by atoms with Gasteiger partial charge in [-0.25, -0.2) is 0 Å². The van der Waals surface area contributed by atoms with Crippen LogP contribution < -0.4 is 10.6 Å². The minimum Gasteiger partial charge on any atom is -0.366 e. The molecule has 1 amide bonds. The summed E-state index contributed by atoms with van der Waals surface area (Å²) in [6.07, 6.45) is 1.46. The van der Waals surface area contributed by atoms with Gasteiger partial charge in [-0.05, 0) is 25.5 Å². The fourth-order valence-corrected chi connectivity index (χ4v) is 1.06. The molecule has 0 aliphatic heterocycles. The van der Waals surface area contributed by atoms with Gasteiger partial charge in [0.1, 0.15) is 5.82 Å². The summed E-state index contributed by atoms with van der Waals surface area (Å²) in [7, 11) is 0. The molecule has 0 spiro atoms. The van der Waals surface area contributed by atoms with Gasteiger partial charge in [-0.2, -0.15) is 0 Å². The van der Waals surface area contributed by atoms with Gasteiger partial charge in [-0.15, -0.1) is 10.2 Å². The molecule has 0 aliphatic rings. The van der Waals surface area contributed by atoms with Crippen molar-refractivity contribution in [3.8, 4) is 0 Å². The molecule has 1 heterocycles. The van der Waals surface area contributed by atoms with Crippen molar-refractivity contribution < 1.29 is 4.79 Å². The van der Waals surface area contributed by atoms with Crippen LogP contribution in [0.2, 0.25) is 0 Å². The first kappa shape index (κ1) is 12.4. The van der Waals surface area contributed by atoms with E-state index in [0.717, 1.165) is 12.2 Å². The van der Waals surface area contributed by atoms with Gasteiger partial charge in [0.15, 0.2) is 5.82 Å². The maximum absolute atomic E-state index is 11.1. The van der Waals surface area contributed by atoms with Crippen molar-refractivity contribution in [3.05, 3.63) is 12.1 Å². The summed E-state index contributed by atoms with van der Waals surface area (Å²) in [5.41, 5.74) is 0. The Balaban J connectivity index is 2.57. The van der Waals surface area contributed by atoms with E-state index in [2.05, 4.69) is 34.7 Å². The van der Waals surface area contributed by atoms with Crippen LogP contribution in [0.25, 0.3) is 0 Å². The Morgan fingerprint density at radius 1 is 1.31 bits per heavy atom. The minimum atomic E-state index is -0.0584. The minimum absolute atomic E-state index is 0.0584. The number of hydrogen-bond donors (Lipinski definition) is 2. The molecule has 1 rings (SSSR count). The van der Waals surface area contributed by atoms with Gasteiger partial charge in [0.05, 0.1) is 0 Å². The van der Waals surface area contributed by atoms with E-state index in [1.54, 1.807) is 13.0 Å². The van der Waals surface area contributed by atoms with Gasteiger partial charge in [-0.1, -0.05) is 13.8 Å². The van der Waals surface area contributed by atoms with Crippen LogP contribution in [0, 0.1) is 0 Å². The maximum Gasteiger partial charge on any atom is 0.225 e. The second-order valence-electron chi connectivity index (χ2n) is 3.66. The normalized spacial score (nSPS) is 11.9. The van der Waals surface area contributed by atoms with E-state index in [-0.39, 0.29) is 5.91 Å². The van der Waals surface area contributed by atoms with Crippen LogP contribution in [0.4, 0.5) is 11.6 Å². The lowest BCUT2D eigenvalue weighted by Crippen LogP contribution is -2.16. The number of nitrogens with zero attached hydrogens (tertiary/aromatic N) is 2. The first-order chi connectivity index (χ1) is 7.65. The van der Waals surface area contributed by atoms with Crippen LogP contribution >= 0.6 is 0 Å². The van der Waals surface area contributed by atoms with E-state index in [1.807, 2.05) is 6.07 Å². The zero-order chi connectivity index (χ0) is 12.0. The van der Waals surface area contributed by atoms with Gasteiger partial charge in [0.25, 0.3) is 0 Å². The molecule has 5 nitrogen and oxygen atoms in total. The summed E-state index contributed by atoms with van der Waals surface area (Å²) < 4.78 is 0. The van der Waals surface area contributed by atoms with Crippen molar-refractivity contribution in [1.29, 1.82) is 0 Å². The van der Waals surface area contributed by atoms with Crippen LogP contribution in [-0.2, 0) is 4.79 Å². The van der Waals surface area contributed by atoms with Gasteiger partial charge < -0.3 is 10.6 Å². The maximum atomic E-state index is 11.1. The average Bonchev–Trinajstić information content (AvgIpc) is 2.31. The summed E-state index contributed by atoms with van der Waals surface area (Å²) in [4.78, 5) is 11.1. The van der Waals surface area contributed by atoms with E-state index in [4.69, 9.17) is 0 Å². The summed E-state index contributed by atoms with van der Waals surface area (Å²) in [6, 6.07) is 3.92. The Morgan fingerprint density at radius 3 is 2.44 bits per heavy atom. The van der Waals surface area contributed by atoms with Crippen LogP contribution in [0.1, 0.15) is 33.6 Å². The van der Waals surface area contributed by atoms with Crippen molar-refractivity contribution >= 4 is 17.5 Å². The standard InChI is InChI=1S/C11H18N4O/c1-4-8(3)12-9-6-7-10(15-14-9)13-11(16)5-2/h6-8H,4-5H2,1-3H3,(H,12,14)(H,13,15,16). The third-order valence-electron chi connectivity index (χ3n) is 2.26. The van der Waals surface area contributed by atoms with Crippen molar-refractivity contribution in [1.82, 2.24) is 10.2 Å². The molecule has 1 unspecified atom stereocenters. The second-order valence-corrected chi connectivity index (χ2v) is 3.66. The van der Waals surface area contributed by atoms with Gasteiger partial charge in [0, 0.05) is 12.5 Å². The van der Waals surface area contributed by atoms with Gasteiger partial charge in [-0.3, -0.25) is 4.79 Å². The highest BCUT2D eigenvalue weighted by Gasteiger charge is 2.03. The molecule has 88 valence electrons. The lowest BCUT2D eigenvalue weighted by atomic mass is 10.2. The fourth-order valence-electron chi connectivity index (χ4n) is 1.06. The molecule has 2 N–H and O–H groups in total. The lowest BCUT2D eigenvalue weighted by Gasteiger charge is -2.11. The predicted octanol–water partition coefficient (Wildman–Crippen LogP) is 2.04. The zero-order valence-electron chi connectivity index (χ0n) is 9.95. The highest BCUT2D eigenvalue weighted by atomic mass is 16.1. The second kappa shape index (κ2) is 6.05. The molecule has 0 radical (unpaired) electrons. The Bertz CT molecular complexity index is 336. The fraction of sp³-hybridized carbons (Fsp3) is 0.545. The third-order valence-corrected chi connectivity index (χ3v) is 2.26. The molecule has 1 atom stereocenters. The van der Waals surface area contributed by atoms with Crippen LogP contribution in [-0.4, -0.2) is 22.1 Å². The molecule has 0 aliphatic carbocycles. The monoisotopic (exact) mass is 222 g/mol. The summed E-state index contributed by atoms with van der Waals surface area (Å²) in [5.74, 6) is 1.15. The number of hydrogen-bond acceptors (Lipinski definition) is 4. The summed E-state index contributed by atoms with van der Waals surface area (Å²) in [5, 5.41) is 13.7. The lowest BCUT2D eigenvalue weighted by molar-refractivity contribution is -0.115. The Hall–Kier alpha value is -1.65. The van der Waals surface area contributed by atoms with E-state index in [1.165, 1.54) is 0 Å². The molecular weight excluding hydrogens is 204 g/mol. The molecule has 16 heavy (non-hydrogen) atoms. The molecule has 0 saturated carbocycles. The van der Waals surface area contributed by atoms with Gasteiger partial charge >= 0.3 is 0 Å². The molecule has 5 heteroatoms. The SMILES string of the molecule is CCC(=O)Nc1ccc(NC(C)CC)nn1. The number of carbonyl (C=O) groups excluding carboxylic acids is 1. The molecule has 0 bridgehead atoms. The van der Waals surface area contributed by atoms with E-state index >= 15 is 0 Å². The third kappa shape index (κ3) is 3.84. The molecule has 1 aromatic heterocycles. The van der Waals surface area contributed by atoms with Gasteiger partial charge in [0.2, 0.25) is 5.91 Å². The highest BCUT2D eigenvalue weighted by molar-refractivity contribution is 5.89. The molecule has 0 saturated heterocycles. The number of anilines is 2. The van der Waals surface area contributed by atoms with E-state index in [0.29, 0.717) is 18.3 Å². The molecule has 0 aromatic carbocycles. The topological polar surface area (TPSA) is 66.9 Å². The van der Waals surface area contributed by atoms with Crippen molar-refractivity contribution in [3.63, 3.8) is 0 Å². The number of rotatable bonds is 5. The number of carbonyl (C=O) groups is 1. The molecule has 0 fully saturated rings. The van der Waals surface area contributed by atoms with Crippen molar-refractivity contribution in [2.24, 2.45) is 0 Å². The number of aromatic nitrogens is 2. The zero-order valence-corrected chi connectivity index (χ0v) is 9.95. The van der Waals surface area contributed by atoms with Crippen LogP contribution in [0.15, 0.2) is 12.1 Å². The molecule has 1 aromatic rings. The number of nitrogens with one attached hydrogen (secondary N) is 2. The molecular formula is C11H18N4O. The summed E-state index contributed by atoms with van der Waals surface area (Å²) >= 11 is 0. The first-order valence-electron chi connectivity index (χ1n) is 5.55. The Kier molecular flexibility index (Phi) is 4.69. The largest absolute Gasteiger partial charge is 0.366 e. The smallest absolute Gasteiger partial charge is 0.225 e. The average molecular weight is 222 g/mol.